The first kappa shape index (κ1) is 17.3. The van der Waals surface area contributed by atoms with Crippen molar-refractivity contribution in [1.82, 2.24) is 0 Å². The van der Waals surface area contributed by atoms with Crippen molar-refractivity contribution in [3.05, 3.63) is 0 Å². The Balaban J connectivity index is 2.86. The zero-order chi connectivity index (χ0) is 15.6. The van der Waals surface area contributed by atoms with Crippen LogP contribution in [0.4, 0.5) is 13.2 Å². The van der Waals surface area contributed by atoms with E-state index in [1.807, 2.05) is 0 Å². The minimum Gasteiger partial charge on any atom is -0.459 e. The Labute approximate surface area is 117 Å². The van der Waals surface area contributed by atoms with Gasteiger partial charge in [-0.3, -0.25) is 4.79 Å². The van der Waals surface area contributed by atoms with Crippen LogP contribution in [0.15, 0.2) is 0 Å². The molecule has 20 heavy (non-hydrogen) atoms. The van der Waals surface area contributed by atoms with Crippen molar-refractivity contribution in [2.45, 2.75) is 70.8 Å². The highest BCUT2D eigenvalue weighted by Crippen LogP contribution is 2.38. The van der Waals surface area contributed by atoms with Crippen molar-refractivity contribution in [1.29, 1.82) is 0 Å². The summed E-state index contributed by atoms with van der Waals surface area (Å²) in [7, 11) is 0. The molecule has 0 spiro atoms. The summed E-state index contributed by atoms with van der Waals surface area (Å²) < 4.78 is 44.1. The molecule has 1 saturated carbocycles. The number of aliphatic hydroxyl groups is 1. The van der Waals surface area contributed by atoms with Crippen LogP contribution >= 0.6 is 0 Å². The lowest BCUT2D eigenvalue weighted by atomic mass is 9.80. The lowest BCUT2D eigenvalue weighted by Gasteiger charge is -2.33. The number of hydrogen-bond donors (Lipinski definition) is 1. The second-order valence-electron chi connectivity index (χ2n) is 6.44. The molecule has 1 rings (SSSR count). The molecule has 0 aliphatic heterocycles. The quantitative estimate of drug-likeness (QED) is 0.811. The summed E-state index contributed by atoms with van der Waals surface area (Å²) in [6.07, 6.45) is -2.91. The molecule has 3 nitrogen and oxygen atoms in total. The van der Waals surface area contributed by atoms with Gasteiger partial charge < -0.3 is 9.84 Å². The van der Waals surface area contributed by atoms with Crippen LogP contribution in [0.25, 0.3) is 0 Å². The van der Waals surface area contributed by atoms with E-state index in [1.54, 1.807) is 0 Å². The van der Waals surface area contributed by atoms with Crippen LogP contribution in [0.1, 0.15) is 52.9 Å². The fourth-order valence-corrected chi connectivity index (χ4v) is 2.58. The van der Waals surface area contributed by atoms with Gasteiger partial charge in [-0.2, -0.15) is 13.2 Å². The molecular formula is C14H23F3O3. The van der Waals surface area contributed by atoms with Gasteiger partial charge in [0, 0.05) is 0 Å². The highest BCUT2D eigenvalue weighted by molar-refractivity contribution is 5.74. The third-order valence-corrected chi connectivity index (χ3v) is 3.49. The van der Waals surface area contributed by atoms with Crippen molar-refractivity contribution in [3.8, 4) is 0 Å². The number of alkyl halides is 3. The normalized spacial score (nSPS) is 21.4. The van der Waals surface area contributed by atoms with E-state index < -0.39 is 35.7 Å². The zero-order valence-electron chi connectivity index (χ0n) is 12.2. The molecule has 1 aliphatic carbocycles. The number of rotatable bonds is 3. The number of carbonyl (C=O) groups excluding carboxylic acids is 1. The summed E-state index contributed by atoms with van der Waals surface area (Å²) in [6.45, 7) is 4.52. The van der Waals surface area contributed by atoms with E-state index >= 15 is 0 Å². The standard InChI is InChI=1S/C14H23F3O3/c1-13(2,3)20-12(19)10(14(15,16)17)11(18)9-7-5-4-6-8-9/h9-11,18H,4-8H2,1-3H3/t10-,11-/m0/s1. The van der Waals surface area contributed by atoms with Crippen LogP contribution in [0.3, 0.4) is 0 Å². The molecular weight excluding hydrogens is 273 g/mol. The Kier molecular flexibility index (Phi) is 5.46. The Morgan fingerprint density at radius 1 is 1.15 bits per heavy atom. The van der Waals surface area contributed by atoms with Gasteiger partial charge >= 0.3 is 12.1 Å². The third kappa shape index (κ3) is 4.96. The van der Waals surface area contributed by atoms with Gasteiger partial charge in [0.25, 0.3) is 0 Å². The molecule has 0 aromatic rings. The van der Waals surface area contributed by atoms with Crippen LogP contribution in [0.5, 0.6) is 0 Å². The number of hydrogen-bond acceptors (Lipinski definition) is 3. The molecule has 1 aliphatic rings. The van der Waals surface area contributed by atoms with Gasteiger partial charge in [0.1, 0.15) is 5.60 Å². The van der Waals surface area contributed by atoms with Gasteiger partial charge in [0.15, 0.2) is 5.92 Å². The molecule has 0 radical (unpaired) electrons. The molecule has 0 unspecified atom stereocenters. The second kappa shape index (κ2) is 6.33. The topological polar surface area (TPSA) is 46.5 Å². The largest absolute Gasteiger partial charge is 0.459 e. The number of esters is 1. The molecule has 0 heterocycles. The summed E-state index contributed by atoms with van der Waals surface area (Å²) in [4.78, 5) is 11.8. The molecule has 0 aromatic heterocycles. The predicted molar refractivity (Wildman–Crippen MR) is 68.0 cm³/mol. The van der Waals surface area contributed by atoms with E-state index in [0.717, 1.165) is 19.3 Å². The van der Waals surface area contributed by atoms with Gasteiger partial charge in [0.2, 0.25) is 0 Å². The molecule has 1 N–H and O–H groups in total. The van der Waals surface area contributed by atoms with Crippen LogP contribution in [0, 0.1) is 11.8 Å². The van der Waals surface area contributed by atoms with E-state index in [4.69, 9.17) is 4.74 Å². The van der Waals surface area contributed by atoms with E-state index in [1.165, 1.54) is 20.8 Å². The average Bonchev–Trinajstić information content (AvgIpc) is 2.25. The highest BCUT2D eigenvalue weighted by Gasteiger charge is 2.53. The lowest BCUT2D eigenvalue weighted by Crippen LogP contribution is -2.46. The summed E-state index contributed by atoms with van der Waals surface area (Å²) in [5.41, 5.74) is -1.01. The maximum Gasteiger partial charge on any atom is 0.404 e. The summed E-state index contributed by atoms with van der Waals surface area (Å²) in [5.74, 6) is -4.32. The molecule has 0 amide bonds. The van der Waals surface area contributed by atoms with Crippen molar-refractivity contribution in [2.24, 2.45) is 11.8 Å². The molecule has 6 heteroatoms. The van der Waals surface area contributed by atoms with Crippen LogP contribution in [-0.2, 0) is 9.53 Å². The molecule has 2 atom stereocenters. The molecule has 0 saturated heterocycles. The van der Waals surface area contributed by atoms with E-state index in [9.17, 15) is 23.1 Å². The van der Waals surface area contributed by atoms with Crippen LogP contribution in [0.2, 0.25) is 0 Å². The monoisotopic (exact) mass is 296 g/mol. The van der Waals surface area contributed by atoms with Gasteiger partial charge in [0.05, 0.1) is 6.10 Å². The van der Waals surface area contributed by atoms with Crippen molar-refractivity contribution in [2.75, 3.05) is 0 Å². The minimum atomic E-state index is -4.79. The highest BCUT2D eigenvalue weighted by atomic mass is 19.4. The third-order valence-electron chi connectivity index (χ3n) is 3.49. The van der Waals surface area contributed by atoms with Gasteiger partial charge in [-0.05, 0) is 39.5 Å². The Morgan fingerprint density at radius 2 is 1.65 bits per heavy atom. The maximum absolute atomic E-state index is 13.1. The Hall–Kier alpha value is -0.780. The first-order valence-electron chi connectivity index (χ1n) is 7.00. The van der Waals surface area contributed by atoms with Gasteiger partial charge in [-0.25, -0.2) is 0 Å². The van der Waals surface area contributed by atoms with E-state index in [-0.39, 0.29) is 0 Å². The molecule has 118 valence electrons. The second-order valence-corrected chi connectivity index (χ2v) is 6.44. The number of carbonyl (C=O) groups is 1. The van der Waals surface area contributed by atoms with Crippen molar-refractivity contribution in [3.63, 3.8) is 0 Å². The van der Waals surface area contributed by atoms with Crippen molar-refractivity contribution < 1.29 is 27.8 Å². The van der Waals surface area contributed by atoms with Crippen molar-refractivity contribution >= 4 is 5.97 Å². The summed E-state index contributed by atoms with van der Waals surface area (Å²) in [5, 5.41) is 10.0. The first-order chi connectivity index (χ1) is 9.02. The molecule has 0 aromatic carbocycles. The van der Waals surface area contributed by atoms with E-state index in [2.05, 4.69) is 0 Å². The molecule has 0 bridgehead atoms. The predicted octanol–water partition coefficient (Wildman–Crippen LogP) is 3.45. The number of aliphatic hydroxyl groups excluding tert-OH is 1. The maximum atomic E-state index is 13.1. The lowest BCUT2D eigenvalue weighted by molar-refractivity contribution is -0.226. The average molecular weight is 296 g/mol. The van der Waals surface area contributed by atoms with E-state index in [0.29, 0.717) is 12.8 Å². The smallest absolute Gasteiger partial charge is 0.404 e. The zero-order valence-corrected chi connectivity index (χ0v) is 12.2. The fraction of sp³-hybridized carbons (Fsp3) is 0.929. The minimum absolute atomic E-state index is 0.483. The first-order valence-corrected chi connectivity index (χ1v) is 7.00. The fourth-order valence-electron chi connectivity index (χ4n) is 2.58. The Morgan fingerprint density at radius 3 is 2.05 bits per heavy atom. The number of halogens is 3. The summed E-state index contributed by atoms with van der Waals surface area (Å²) in [6, 6.07) is 0. The van der Waals surface area contributed by atoms with Gasteiger partial charge in [-0.1, -0.05) is 19.3 Å². The molecule has 1 fully saturated rings. The Bertz CT molecular complexity index is 328. The van der Waals surface area contributed by atoms with Crippen LogP contribution < -0.4 is 0 Å². The number of ether oxygens (including phenoxy) is 1. The SMILES string of the molecule is CC(C)(C)OC(=O)[C@H]([C@@H](O)C1CCCCC1)C(F)(F)F. The summed E-state index contributed by atoms with van der Waals surface area (Å²) >= 11 is 0. The van der Waals surface area contributed by atoms with Gasteiger partial charge in [-0.15, -0.1) is 0 Å². The van der Waals surface area contributed by atoms with Crippen LogP contribution in [-0.4, -0.2) is 29.0 Å².